The fourth-order valence-corrected chi connectivity index (χ4v) is 2.16. The number of aryl methyl sites for hydroxylation is 1. The smallest absolute Gasteiger partial charge is 0.161 e. The van der Waals surface area contributed by atoms with E-state index in [0.29, 0.717) is 6.42 Å². The van der Waals surface area contributed by atoms with Gasteiger partial charge in [-0.2, -0.15) is 0 Å². The van der Waals surface area contributed by atoms with E-state index in [1.807, 2.05) is 61.3 Å². The van der Waals surface area contributed by atoms with E-state index in [4.69, 9.17) is 0 Å². The van der Waals surface area contributed by atoms with Crippen molar-refractivity contribution in [3.05, 3.63) is 60.3 Å². The molecule has 0 amide bonds. The van der Waals surface area contributed by atoms with Gasteiger partial charge < -0.3 is 9.88 Å². The lowest BCUT2D eigenvalue weighted by Crippen LogP contribution is -2.04. The van der Waals surface area contributed by atoms with Crippen LogP contribution in [-0.4, -0.2) is 26.6 Å². The molecule has 1 aromatic carbocycles. The molecule has 0 fully saturated rings. The maximum atomic E-state index is 4.66. The highest BCUT2D eigenvalue weighted by atomic mass is 15.0. The molecular formula is C16H17N5. The second-order valence-corrected chi connectivity index (χ2v) is 4.82. The van der Waals surface area contributed by atoms with Crippen LogP contribution in [0.2, 0.25) is 0 Å². The van der Waals surface area contributed by atoms with Crippen molar-refractivity contribution in [2.45, 2.75) is 6.42 Å². The highest BCUT2D eigenvalue weighted by Crippen LogP contribution is 2.18. The number of hydrogen-bond donors (Lipinski definition) is 1. The molecule has 2 aromatic heterocycles. The van der Waals surface area contributed by atoms with Gasteiger partial charge in [0.25, 0.3) is 0 Å². The van der Waals surface area contributed by atoms with Crippen molar-refractivity contribution in [1.29, 1.82) is 0 Å². The molecule has 0 saturated heterocycles. The molecule has 0 unspecified atom stereocenters. The van der Waals surface area contributed by atoms with E-state index in [0.717, 1.165) is 28.7 Å². The quantitative estimate of drug-likeness (QED) is 0.797. The standard InChI is InChI=1S/C16H17N5/c1-17-14-10-13(11-15-18-8-9-21(15)2)19-16(20-14)12-6-4-3-5-7-12/h3-10H,11H2,1-2H3,(H,17,19,20). The summed E-state index contributed by atoms with van der Waals surface area (Å²) in [7, 11) is 3.85. The zero-order valence-electron chi connectivity index (χ0n) is 12.1. The third-order valence-electron chi connectivity index (χ3n) is 3.33. The summed E-state index contributed by atoms with van der Waals surface area (Å²) in [5.74, 6) is 2.52. The normalized spacial score (nSPS) is 10.6. The van der Waals surface area contributed by atoms with Gasteiger partial charge in [-0.25, -0.2) is 15.0 Å². The molecule has 0 aliphatic rings. The molecule has 0 spiro atoms. The van der Waals surface area contributed by atoms with Gasteiger partial charge in [0.1, 0.15) is 11.6 Å². The Morgan fingerprint density at radius 3 is 2.62 bits per heavy atom. The van der Waals surface area contributed by atoms with Crippen LogP contribution >= 0.6 is 0 Å². The van der Waals surface area contributed by atoms with Crippen molar-refractivity contribution >= 4 is 5.82 Å². The highest BCUT2D eigenvalue weighted by molar-refractivity contribution is 5.57. The third-order valence-corrected chi connectivity index (χ3v) is 3.33. The largest absolute Gasteiger partial charge is 0.373 e. The average Bonchev–Trinajstić information content (AvgIpc) is 2.93. The summed E-state index contributed by atoms with van der Waals surface area (Å²) in [5.41, 5.74) is 1.96. The number of nitrogens with one attached hydrogen (secondary N) is 1. The lowest BCUT2D eigenvalue weighted by molar-refractivity contribution is 0.810. The first-order valence-corrected chi connectivity index (χ1v) is 6.83. The predicted molar refractivity (Wildman–Crippen MR) is 83.0 cm³/mol. The summed E-state index contributed by atoms with van der Waals surface area (Å²) in [6.45, 7) is 0. The molecular weight excluding hydrogens is 262 g/mol. The van der Waals surface area contributed by atoms with Gasteiger partial charge >= 0.3 is 0 Å². The summed E-state index contributed by atoms with van der Waals surface area (Å²) in [6, 6.07) is 12.0. The fraction of sp³-hybridized carbons (Fsp3) is 0.188. The van der Waals surface area contributed by atoms with E-state index in [-0.39, 0.29) is 0 Å². The van der Waals surface area contributed by atoms with Crippen LogP contribution in [0.3, 0.4) is 0 Å². The number of anilines is 1. The van der Waals surface area contributed by atoms with Gasteiger partial charge in [0, 0.05) is 44.5 Å². The Hall–Kier alpha value is -2.69. The van der Waals surface area contributed by atoms with Gasteiger partial charge in [0.15, 0.2) is 5.82 Å². The molecule has 5 nitrogen and oxygen atoms in total. The second-order valence-electron chi connectivity index (χ2n) is 4.82. The number of rotatable bonds is 4. The van der Waals surface area contributed by atoms with E-state index >= 15 is 0 Å². The Morgan fingerprint density at radius 2 is 1.95 bits per heavy atom. The third kappa shape index (κ3) is 2.91. The first kappa shape index (κ1) is 13.3. The lowest BCUT2D eigenvalue weighted by atomic mass is 10.2. The molecule has 0 aliphatic heterocycles. The van der Waals surface area contributed by atoms with Crippen LogP contribution < -0.4 is 5.32 Å². The molecule has 0 aliphatic carbocycles. The molecule has 0 radical (unpaired) electrons. The minimum Gasteiger partial charge on any atom is -0.373 e. The minimum atomic E-state index is 0.681. The van der Waals surface area contributed by atoms with Crippen LogP contribution in [0, 0.1) is 0 Å². The van der Waals surface area contributed by atoms with Crippen LogP contribution in [0.5, 0.6) is 0 Å². The number of nitrogens with zero attached hydrogens (tertiary/aromatic N) is 4. The zero-order valence-corrected chi connectivity index (χ0v) is 12.1. The molecule has 21 heavy (non-hydrogen) atoms. The van der Waals surface area contributed by atoms with Crippen molar-refractivity contribution in [3.63, 3.8) is 0 Å². The monoisotopic (exact) mass is 279 g/mol. The molecule has 0 saturated carbocycles. The number of aromatic nitrogens is 4. The summed E-state index contributed by atoms with van der Waals surface area (Å²) in [4.78, 5) is 13.5. The molecule has 106 valence electrons. The Morgan fingerprint density at radius 1 is 1.14 bits per heavy atom. The first-order valence-electron chi connectivity index (χ1n) is 6.83. The van der Waals surface area contributed by atoms with Crippen molar-refractivity contribution in [1.82, 2.24) is 19.5 Å². The highest BCUT2D eigenvalue weighted by Gasteiger charge is 2.08. The summed E-state index contributed by atoms with van der Waals surface area (Å²) >= 11 is 0. The van der Waals surface area contributed by atoms with Gasteiger partial charge in [-0.3, -0.25) is 0 Å². The zero-order chi connectivity index (χ0) is 14.7. The maximum Gasteiger partial charge on any atom is 0.161 e. The van der Waals surface area contributed by atoms with E-state index < -0.39 is 0 Å². The molecule has 0 atom stereocenters. The molecule has 3 rings (SSSR count). The maximum absolute atomic E-state index is 4.66. The van der Waals surface area contributed by atoms with Crippen LogP contribution in [0.4, 0.5) is 5.82 Å². The molecule has 5 heteroatoms. The van der Waals surface area contributed by atoms with Crippen LogP contribution in [0.15, 0.2) is 48.8 Å². The van der Waals surface area contributed by atoms with Gasteiger partial charge in [-0.1, -0.05) is 30.3 Å². The second kappa shape index (κ2) is 5.75. The molecule has 2 heterocycles. The van der Waals surface area contributed by atoms with Crippen molar-refractivity contribution in [2.75, 3.05) is 12.4 Å². The van der Waals surface area contributed by atoms with Crippen LogP contribution in [0.1, 0.15) is 11.5 Å². The topological polar surface area (TPSA) is 55.6 Å². The van der Waals surface area contributed by atoms with Crippen LogP contribution in [0.25, 0.3) is 11.4 Å². The van der Waals surface area contributed by atoms with Gasteiger partial charge in [0.2, 0.25) is 0 Å². The number of hydrogen-bond acceptors (Lipinski definition) is 4. The molecule has 0 bridgehead atoms. The van der Waals surface area contributed by atoms with E-state index in [1.165, 1.54) is 0 Å². The molecule has 3 aromatic rings. The summed E-state index contributed by atoms with van der Waals surface area (Å²) in [6.07, 6.45) is 4.42. The number of imidazole rings is 1. The van der Waals surface area contributed by atoms with Crippen LogP contribution in [-0.2, 0) is 13.5 Å². The predicted octanol–water partition coefficient (Wildman–Crippen LogP) is 2.51. The Kier molecular flexibility index (Phi) is 3.64. The van der Waals surface area contributed by atoms with Crippen molar-refractivity contribution in [2.24, 2.45) is 7.05 Å². The summed E-state index contributed by atoms with van der Waals surface area (Å²) in [5, 5.41) is 3.09. The Labute approximate surface area is 123 Å². The van der Waals surface area contributed by atoms with Gasteiger partial charge in [-0.15, -0.1) is 0 Å². The Bertz CT molecular complexity index is 733. The van der Waals surface area contributed by atoms with E-state index in [9.17, 15) is 0 Å². The average molecular weight is 279 g/mol. The number of benzene rings is 1. The van der Waals surface area contributed by atoms with E-state index in [1.54, 1.807) is 6.20 Å². The first-order chi connectivity index (χ1) is 10.3. The summed E-state index contributed by atoms with van der Waals surface area (Å²) < 4.78 is 2.00. The fourth-order valence-electron chi connectivity index (χ4n) is 2.16. The molecule has 1 N–H and O–H groups in total. The SMILES string of the molecule is CNc1cc(Cc2nccn2C)nc(-c2ccccc2)n1. The minimum absolute atomic E-state index is 0.681. The van der Waals surface area contributed by atoms with E-state index in [2.05, 4.69) is 20.3 Å². The Balaban J connectivity index is 1.99. The lowest BCUT2D eigenvalue weighted by Gasteiger charge is -2.08. The van der Waals surface area contributed by atoms with Gasteiger partial charge in [-0.05, 0) is 0 Å². The van der Waals surface area contributed by atoms with Crippen molar-refractivity contribution in [3.8, 4) is 11.4 Å². The van der Waals surface area contributed by atoms with Gasteiger partial charge in [0.05, 0.1) is 5.69 Å². The van der Waals surface area contributed by atoms with Crippen molar-refractivity contribution < 1.29 is 0 Å².